The summed E-state index contributed by atoms with van der Waals surface area (Å²) in [5.74, 6) is -0.195. The average molecular weight is 302 g/mol. The van der Waals surface area contributed by atoms with Gasteiger partial charge in [0.2, 0.25) is 5.91 Å². The van der Waals surface area contributed by atoms with Gasteiger partial charge in [-0.2, -0.15) is 0 Å². The molecule has 0 bridgehead atoms. The van der Waals surface area contributed by atoms with Gasteiger partial charge in [-0.1, -0.05) is 24.3 Å². The lowest BCUT2D eigenvalue weighted by atomic mass is 10.1. The average Bonchev–Trinajstić information content (AvgIpc) is 2.37. The van der Waals surface area contributed by atoms with E-state index < -0.39 is 6.04 Å². The number of hydrogen-bond acceptors (Lipinski definition) is 4. The summed E-state index contributed by atoms with van der Waals surface area (Å²) < 4.78 is 4.84. The van der Waals surface area contributed by atoms with Crippen LogP contribution in [0.3, 0.4) is 0 Å². The number of carbonyl (C=O) groups is 1. The van der Waals surface area contributed by atoms with E-state index in [0.717, 1.165) is 12.1 Å². The molecule has 1 rings (SSSR count). The molecule has 0 heterocycles. The molecule has 1 amide bonds. The zero-order valence-electron chi connectivity index (χ0n) is 12.3. The Balaban J connectivity index is 0.00000361. The van der Waals surface area contributed by atoms with Crippen molar-refractivity contribution in [1.82, 2.24) is 10.2 Å². The Labute approximate surface area is 126 Å². The largest absolute Gasteiger partial charge is 0.383 e. The van der Waals surface area contributed by atoms with Crippen molar-refractivity contribution < 1.29 is 9.53 Å². The third kappa shape index (κ3) is 6.86. The minimum atomic E-state index is -0.613. The Bertz CT molecular complexity index is 396. The molecule has 0 aliphatic carbocycles. The fourth-order valence-corrected chi connectivity index (χ4v) is 1.70. The maximum absolute atomic E-state index is 11.6. The molecule has 0 saturated heterocycles. The minimum Gasteiger partial charge on any atom is -0.383 e. The van der Waals surface area contributed by atoms with Gasteiger partial charge in [0.15, 0.2) is 0 Å². The molecule has 20 heavy (non-hydrogen) atoms. The van der Waals surface area contributed by atoms with Crippen LogP contribution in [0.15, 0.2) is 24.3 Å². The Morgan fingerprint density at radius 3 is 2.35 bits per heavy atom. The Morgan fingerprint density at radius 2 is 1.85 bits per heavy atom. The quantitative estimate of drug-likeness (QED) is 0.780. The third-order valence-corrected chi connectivity index (χ3v) is 2.67. The smallest absolute Gasteiger partial charge is 0.239 e. The van der Waals surface area contributed by atoms with E-state index in [9.17, 15) is 4.79 Å². The maximum atomic E-state index is 11.6. The van der Waals surface area contributed by atoms with E-state index in [0.29, 0.717) is 6.54 Å². The van der Waals surface area contributed by atoms with Crippen LogP contribution < -0.4 is 11.1 Å². The highest BCUT2D eigenvalue weighted by Gasteiger charge is 2.11. The van der Waals surface area contributed by atoms with Gasteiger partial charge in [-0.25, -0.2) is 0 Å². The van der Waals surface area contributed by atoms with Gasteiger partial charge < -0.3 is 20.7 Å². The number of amides is 1. The lowest BCUT2D eigenvalue weighted by Gasteiger charge is -2.12. The van der Waals surface area contributed by atoms with Gasteiger partial charge in [0.1, 0.15) is 6.04 Å². The number of nitrogens with two attached hydrogens (primary N) is 1. The summed E-state index contributed by atoms with van der Waals surface area (Å²) in [6.07, 6.45) is 0. The van der Waals surface area contributed by atoms with Gasteiger partial charge in [0.25, 0.3) is 0 Å². The molecule has 6 heteroatoms. The van der Waals surface area contributed by atoms with Crippen LogP contribution in [0, 0.1) is 0 Å². The first-order valence-electron chi connectivity index (χ1n) is 6.27. The second-order valence-corrected chi connectivity index (χ2v) is 4.83. The van der Waals surface area contributed by atoms with E-state index in [-0.39, 0.29) is 24.9 Å². The van der Waals surface area contributed by atoms with Crippen molar-refractivity contribution in [2.45, 2.75) is 19.1 Å². The van der Waals surface area contributed by atoms with Crippen LogP contribution in [0.1, 0.15) is 11.1 Å². The number of rotatable bonds is 7. The van der Waals surface area contributed by atoms with Crippen molar-refractivity contribution in [3.8, 4) is 0 Å². The number of halogens is 1. The number of nitrogens with zero attached hydrogens (tertiary/aromatic N) is 1. The summed E-state index contributed by atoms with van der Waals surface area (Å²) in [7, 11) is 5.59. The SMILES string of the molecule is COCC(N)C(=O)NCc1ccc(CN(C)C)cc1.Cl. The fraction of sp³-hybridized carbons (Fsp3) is 0.500. The van der Waals surface area contributed by atoms with Gasteiger partial charge in [-0.05, 0) is 25.2 Å². The van der Waals surface area contributed by atoms with E-state index in [2.05, 4.69) is 22.3 Å². The van der Waals surface area contributed by atoms with Crippen molar-refractivity contribution in [1.29, 1.82) is 0 Å². The molecule has 0 aliphatic rings. The summed E-state index contributed by atoms with van der Waals surface area (Å²) in [5, 5.41) is 2.79. The molecular weight excluding hydrogens is 278 g/mol. The van der Waals surface area contributed by atoms with Gasteiger partial charge >= 0.3 is 0 Å². The highest BCUT2D eigenvalue weighted by molar-refractivity contribution is 5.85. The number of carbonyl (C=O) groups excluding carboxylic acids is 1. The first-order valence-corrected chi connectivity index (χ1v) is 6.27. The number of hydrogen-bond donors (Lipinski definition) is 2. The second kappa shape index (κ2) is 9.72. The molecule has 1 aromatic rings. The highest BCUT2D eigenvalue weighted by Crippen LogP contribution is 2.06. The van der Waals surface area contributed by atoms with Crippen molar-refractivity contribution in [3.05, 3.63) is 35.4 Å². The summed E-state index contributed by atoms with van der Waals surface area (Å²) in [5.41, 5.74) is 7.93. The normalized spacial score (nSPS) is 11.8. The van der Waals surface area contributed by atoms with Crippen molar-refractivity contribution in [3.63, 3.8) is 0 Å². The lowest BCUT2D eigenvalue weighted by Crippen LogP contribution is -2.43. The zero-order chi connectivity index (χ0) is 14.3. The summed E-state index contributed by atoms with van der Waals surface area (Å²) in [6.45, 7) is 1.62. The minimum absolute atomic E-state index is 0. The molecule has 1 aromatic carbocycles. The number of methoxy groups -OCH3 is 1. The van der Waals surface area contributed by atoms with E-state index in [1.165, 1.54) is 12.7 Å². The molecule has 1 atom stereocenters. The molecule has 1 unspecified atom stereocenters. The van der Waals surface area contributed by atoms with Crippen molar-refractivity contribution in [2.24, 2.45) is 5.73 Å². The molecular formula is C14H24ClN3O2. The molecule has 3 N–H and O–H groups in total. The van der Waals surface area contributed by atoms with Crippen LogP contribution in [0.2, 0.25) is 0 Å². The van der Waals surface area contributed by atoms with Gasteiger partial charge in [0.05, 0.1) is 6.61 Å². The van der Waals surface area contributed by atoms with Crippen LogP contribution in [-0.2, 0) is 22.6 Å². The first kappa shape index (κ1) is 18.9. The molecule has 0 saturated carbocycles. The van der Waals surface area contributed by atoms with Crippen LogP contribution >= 0.6 is 12.4 Å². The predicted molar refractivity (Wildman–Crippen MR) is 82.8 cm³/mol. The van der Waals surface area contributed by atoms with E-state index >= 15 is 0 Å². The van der Waals surface area contributed by atoms with E-state index in [1.807, 2.05) is 26.2 Å². The monoisotopic (exact) mass is 301 g/mol. The van der Waals surface area contributed by atoms with E-state index in [1.54, 1.807) is 0 Å². The topological polar surface area (TPSA) is 67.6 Å². The first-order chi connectivity index (χ1) is 9.02. The van der Waals surface area contributed by atoms with Gasteiger partial charge in [-0.3, -0.25) is 4.79 Å². The van der Waals surface area contributed by atoms with E-state index in [4.69, 9.17) is 10.5 Å². The Hall–Kier alpha value is -1.14. The zero-order valence-corrected chi connectivity index (χ0v) is 13.1. The number of nitrogens with one attached hydrogen (secondary N) is 1. The van der Waals surface area contributed by atoms with Crippen LogP contribution in [0.4, 0.5) is 0 Å². The van der Waals surface area contributed by atoms with Gasteiger partial charge in [-0.15, -0.1) is 12.4 Å². The lowest BCUT2D eigenvalue weighted by molar-refractivity contribution is -0.123. The Kier molecular flexibility index (Phi) is 9.16. The Morgan fingerprint density at radius 1 is 1.30 bits per heavy atom. The predicted octanol–water partition coefficient (Wildman–Crippen LogP) is 0.760. The highest BCUT2D eigenvalue weighted by atomic mass is 35.5. The number of ether oxygens (including phenoxy) is 1. The molecule has 0 aliphatic heterocycles. The van der Waals surface area contributed by atoms with Crippen LogP contribution in [-0.4, -0.2) is 44.7 Å². The van der Waals surface area contributed by atoms with Crippen molar-refractivity contribution in [2.75, 3.05) is 27.8 Å². The third-order valence-electron chi connectivity index (χ3n) is 2.67. The molecule has 0 spiro atoms. The van der Waals surface area contributed by atoms with Crippen LogP contribution in [0.25, 0.3) is 0 Å². The van der Waals surface area contributed by atoms with Gasteiger partial charge in [0, 0.05) is 20.2 Å². The second-order valence-electron chi connectivity index (χ2n) is 4.83. The standard InChI is InChI=1S/C14H23N3O2.ClH/c1-17(2)9-12-6-4-11(5-7-12)8-16-14(18)13(15)10-19-3;/h4-7,13H,8-10,15H2,1-3H3,(H,16,18);1H. The van der Waals surface area contributed by atoms with Crippen molar-refractivity contribution >= 4 is 18.3 Å². The molecule has 0 radical (unpaired) electrons. The summed E-state index contributed by atoms with van der Waals surface area (Å²) in [4.78, 5) is 13.7. The molecule has 0 fully saturated rings. The molecule has 0 aromatic heterocycles. The maximum Gasteiger partial charge on any atom is 0.239 e. The molecule has 114 valence electrons. The van der Waals surface area contributed by atoms with Crippen LogP contribution in [0.5, 0.6) is 0 Å². The summed E-state index contributed by atoms with van der Waals surface area (Å²) >= 11 is 0. The number of benzene rings is 1. The molecule has 5 nitrogen and oxygen atoms in total. The fourth-order valence-electron chi connectivity index (χ4n) is 1.70. The summed E-state index contributed by atoms with van der Waals surface area (Å²) in [6, 6.07) is 7.55.